The number of pyridine rings is 1. The van der Waals surface area contributed by atoms with Gasteiger partial charge in [-0.15, -0.1) is 0 Å². The summed E-state index contributed by atoms with van der Waals surface area (Å²) in [4.78, 5) is 14.4. The quantitative estimate of drug-likeness (QED) is 0.552. The Balaban J connectivity index is 2.43. The smallest absolute Gasteiger partial charge is 0.270 e. The van der Waals surface area contributed by atoms with Crippen molar-refractivity contribution in [3.63, 3.8) is 0 Å². The first kappa shape index (κ1) is 14.7. The van der Waals surface area contributed by atoms with Crippen molar-refractivity contribution in [2.24, 2.45) is 5.73 Å². The van der Waals surface area contributed by atoms with Crippen LogP contribution in [0.15, 0.2) is 12.3 Å². The SMILES string of the molecule is NC(=O)c1nccc([C@@H]2O[C@](F)(CO)[C@@H](O)[C@H]2O)c1F. The Morgan fingerprint density at radius 1 is 1.55 bits per heavy atom. The number of carbonyl (C=O) groups excluding carboxylic acids is 1. The lowest BCUT2D eigenvalue weighted by Crippen LogP contribution is -2.42. The van der Waals surface area contributed by atoms with Crippen LogP contribution in [-0.2, 0) is 4.74 Å². The first-order valence-corrected chi connectivity index (χ1v) is 5.59. The number of aromatic nitrogens is 1. The predicted molar refractivity (Wildman–Crippen MR) is 59.5 cm³/mol. The van der Waals surface area contributed by atoms with E-state index in [4.69, 9.17) is 10.8 Å². The van der Waals surface area contributed by atoms with Crippen molar-refractivity contribution in [1.29, 1.82) is 0 Å². The lowest BCUT2D eigenvalue weighted by atomic mass is 10.0. The van der Waals surface area contributed by atoms with Gasteiger partial charge in [0.05, 0.1) is 0 Å². The number of primary amides is 1. The van der Waals surface area contributed by atoms with E-state index in [0.717, 1.165) is 12.3 Å². The Hall–Kier alpha value is -1.68. The van der Waals surface area contributed by atoms with Crippen molar-refractivity contribution in [3.8, 4) is 0 Å². The molecule has 1 aliphatic heterocycles. The van der Waals surface area contributed by atoms with E-state index in [1.54, 1.807) is 0 Å². The molecule has 9 heteroatoms. The van der Waals surface area contributed by atoms with Gasteiger partial charge in [0.15, 0.2) is 11.5 Å². The average Bonchev–Trinajstić information content (AvgIpc) is 2.64. The van der Waals surface area contributed by atoms with Crippen LogP contribution in [-0.4, -0.2) is 50.9 Å². The Bertz CT molecular complexity index is 544. The van der Waals surface area contributed by atoms with Crippen LogP contribution in [0.1, 0.15) is 22.2 Å². The number of aliphatic hydroxyl groups is 3. The molecule has 2 heterocycles. The number of halogens is 2. The molecule has 0 saturated carbocycles. The third-order valence-corrected chi connectivity index (χ3v) is 3.07. The monoisotopic (exact) mass is 290 g/mol. The minimum absolute atomic E-state index is 0.395. The van der Waals surface area contributed by atoms with Crippen molar-refractivity contribution < 1.29 is 33.6 Å². The van der Waals surface area contributed by atoms with Gasteiger partial charge in [-0.2, -0.15) is 0 Å². The van der Waals surface area contributed by atoms with E-state index in [1.165, 1.54) is 0 Å². The first-order valence-electron chi connectivity index (χ1n) is 5.59. The molecule has 0 aliphatic carbocycles. The minimum atomic E-state index is -2.92. The number of ether oxygens (including phenoxy) is 1. The number of aliphatic hydroxyl groups excluding tert-OH is 3. The molecular formula is C11H12F2N2O5. The van der Waals surface area contributed by atoms with Gasteiger partial charge in [0.1, 0.15) is 24.9 Å². The van der Waals surface area contributed by atoms with Gasteiger partial charge in [-0.3, -0.25) is 4.79 Å². The van der Waals surface area contributed by atoms with Gasteiger partial charge in [-0.25, -0.2) is 13.8 Å². The molecule has 1 saturated heterocycles. The van der Waals surface area contributed by atoms with Gasteiger partial charge in [0, 0.05) is 11.8 Å². The second kappa shape index (κ2) is 5.02. The number of nitrogens with two attached hydrogens (primary N) is 1. The molecule has 7 nitrogen and oxygen atoms in total. The van der Waals surface area contributed by atoms with Crippen LogP contribution < -0.4 is 5.73 Å². The van der Waals surface area contributed by atoms with E-state index in [2.05, 4.69) is 9.72 Å². The third-order valence-electron chi connectivity index (χ3n) is 3.07. The Morgan fingerprint density at radius 3 is 2.70 bits per heavy atom. The molecule has 1 aromatic rings. The van der Waals surface area contributed by atoms with Crippen molar-refractivity contribution in [1.82, 2.24) is 4.98 Å². The van der Waals surface area contributed by atoms with E-state index in [-0.39, 0.29) is 0 Å². The highest BCUT2D eigenvalue weighted by molar-refractivity contribution is 5.91. The van der Waals surface area contributed by atoms with Crippen molar-refractivity contribution in [3.05, 3.63) is 29.3 Å². The molecule has 0 aromatic carbocycles. The Labute approximate surface area is 111 Å². The lowest BCUT2D eigenvalue weighted by molar-refractivity contribution is -0.197. The first-order chi connectivity index (χ1) is 9.31. The van der Waals surface area contributed by atoms with Gasteiger partial charge in [-0.05, 0) is 6.07 Å². The zero-order valence-electron chi connectivity index (χ0n) is 10.0. The molecule has 1 amide bonds. The molecular weight excluding hydrogens is 278 g/mol. The normalized spacial score (nSPS) is 33.4. The maximum Gasteiger partial charge on any atom is 0.270 e. The molecule has 1 fully saturated rings. The van der Waals surface area contributed by atoms with E-state index in [1.807, 2.05) is 0 Å². The van der Waals surface area contributed by atoms with Crippen molar-refractivity contribution >= 4 is 5.91 Å². The molecule has 1 aliphatic rings. The molecule has 0 radical (unpaired) electrons. The number of rotatable bonds is 3. The van der Waals surface area contributed by atoms with E-state index < -0.39 is 53.8 Å². The number of hydrogen-bond acceptors (Lipinski definition) is 6. The molecule has 0 spiro atoms. The van der Waals surface area contributed by atoms with E-state index >= 15 is 0 Å². The summed E-state index contributed by atoms with van der Waals surface area (Å²) >= 11 is 0. The van der Waals surface area contributed by atoms with Gasteiger partial charge in [0.25, 0.3) is 11.8 Å². The highest BCUT2D eigenvalue weighted by atomic mass is 19.2. The second-order valence-electron chi connectivity index (χ2n) is 4.35. The van der Waals surface area contributed by atoms with Gasteiger partial charge in [-0.1, -0.05) is 0 Å². The van der Waals surface area contributed by atoms with Gasteiger partial charge >= 0.3 is 0 Å². The van der Waals surface area contributed by atoms with Gasteiger partial charge in [0.2, 0.25) is 0 Å². The van der Waals surface area contributed by atoms with Crippen LogP contribution in [0.5, 0.6) is 0 Å². The van der Waals surface area contributed by atoms with E-state index in [9.17, 15) is 23.8 Å². The number of carbonyl (C=O) groups is 1. The van der Waals surface area contributed by atoms with Crippen LogP contribution in [0.25, 0.3) is 0 Å². The topological polar surface area (TPSA) is 126 Å². The van der Waals surface area contributed by atoms with Crippen LogP contribution in [0, 0.1) is 5.82 Å². The summed E-state index contributed by atoms with van der Waals surface area (Å²) < 4.78 is 32.6. The fourth-order valence-corrected chi connectivity index (χ4v) is 2.00. The molecule has 110 valence electrons. The summed E-state index contributed by atoms with van der Waals surface area (Å²) in [6.07, 6.45) is -4.48. The van der Waals surface area contributed by atoms with E-state index in [0.29, 0.717) is 0 Å². The average molecular weight is 290 g/mol. The fourth-order valence-electron chi connectivity index (χ4n) is 2.00. The van der Waals surface area contributed by atoms with Crippen LogP contribution in [0.4, 0.5) is 8.78 Å². The molecule has 0 bridgehead atoms. The zero-order valence-corrected chi connectivity index (χ0v) is 10.0. The third kappa shape index (κ3) is 2.14. The van der Waals surface area contributed by atoms with Crippen molar-refractivity contribution in [2.75, 3.05) is 6.61 Å². The summed E-state index contributed by atoms with van der Waals surface area (Å²) in [6, 6.07) is 1.05. The van der Waals surface area contributed by atoms with Gasteiger partial charge < -0.3 is 25.8 Å². The Kier molecular flexibility index (Phi) is 3.69. The maximum absolute atomic E-state index is 14.0. The summed E-state index contributed by atoms with van der Waals surface area (Å²) in [5.41, 5.74) is 3.82. The maximum atomic E-state index is 14.0. The molecule has 4 atom stereocenters. The highest BCUT2D eigenvalue weighted by Gasteiger charge is 2.55. The number of nitrogens with zero attached hydrogens (tertiary/aromatic N) is 1. The number of hydrogen-bond donors (Lipinski definition) is 4. The summed E-state index contributed by atoms with van der Waals surface area (Å²) in [6.45, 7) is -1.23. The molecule has 5 N–H and O–H groups in total. The molecule has 20 heavy (non-hydrogen) atoms. The Morgan fingerprint density at radius 2 is 2.20 bits per heavy atom. The largest absolute Gasteiger partial charge is 0.390 e. The van der Waals surface area contributed by atoms with Crippen LogP contribution >= 0.6 is 0 Å². The summed E-state index contributed by atoms with van der Waals surface area (Å²) in [7, 11) is 0. The minimum Gasteiger partial charge on any atom is -0.390 e. The summed E-state index contributed by atoms with van der Waals surface area (Å²) in [5, 5.41) is 28.0. The number of amides is 1. The van der Waals surface area contributed by atoms with Crippen LogP contribution in [0.2, 0.25) is 0 Å². The van der Waals surface area contributed by atoms with Crippen LogP contribution in [0.3, 0.4) is 0 Å². The standard InChI is InChI=1S/C11H12F2N2O5/c12-5-4(1-2-15-6(5)10(14)19)8-7(17)9(18)11(13,3-16)20-8/h1-2,7-9,16-18H,3H2,(H2,14,19)/t7-,8-,9-,11+/m0/s1. The molecule has 1 aromatic heterocycles. The second-order valence-corrected chi connectivity index (χ2v) is 4.35. The molecule has 0 unspecified atom stereocenters. The predicted octanol–water partition coefficient (Wildman–Crippen LogP) is -1.23. The molecule has 2 rings (SSSR count). The summed E-state index contributed by atoms with van der Waals surface area (Å²) in [5.74, 6) is -5.25. The number of alkyl halides is 1. The highest BCUT2D eigenvalue weighted by Crippen LogP contribution is 2.41. The lowest BCUT2D eigenvalue weighted by Gasteiger charge is -2.20. The zero-order chi connectivity index (χ0) is 15.1. The van der Waals surface area contributed by atoms with Crippen molar-refractivity contribution in [2.45, 2.75) is 24.2 Å². The fraction of sp³-hybridized carbons (Fsp3) is 0.455.